The summed E-state index contributed by atoms with van der Waals surface area (Å²) in [6, 6.07) is 11.2. The van der Waals surface area contributed by atoms with E-state index in [9.17, 15) is 0 Å². The summed E-state index contributed by atoms with van der Waals surface area (Å²) in [5.74, 6) is 0.979. The molecule has 20 heavy (non-hydrogen) atoms. The molecule has 0 saturated heterocycles. The Labute approximate surface area is 125 Å². The van der Waals surface area contributed by atoms with Crippen LogP contribution in [0.1, 0.15) is 33.8 Å². The van der Waals surface area contributed by atoms with Crippen LogP contribution < -0.4 is 10.1 Å². The van der Waals surface area contributed by atoms with Crippen molar-refractivity contribution in [3.05, 3.63) is 51.2 Å². The van der Waals surface area contributed by atoms with Gasteiger partial charge in [0.15, 0.2) is 0 Å². The molecule has 0 aliphatic rings. The molecule has 0 saturated carbocycles. The highest BCUT2D eigenvalue weighted by Gasteiger charge is 2.15. The number of hydrogen-bond donors (Lipinski definition) is 1. The van der Waals surface area contributed by atoms with Gasteiger partial charge in [0, 0.05) is 15.8 Å². The fraction of sp³-hybridized carbons (Fsp3) is 0.412. The third-order valence-electron chi connectivity index (χ3n) is 3.42. The van der Waals surface area contributed by atoms with E-state index in [1.165, 1.54) is 20.9 Å². The summed E-state index contributed by atoms with van der Waals surface area (Å²) < 4.78 is 5.50. The quantitative estimate of drug-likeness (QED) is 0.857. The highest BCUT2D eigenvalue weighted by atomic mass is 32.1. The maximum atomic E-state index is 5.50. The Balaban J connectivity index is 2.26. The molecule has 0 radical (unpaired) electrons. The Morgan fingerprint density at radius 3 is 2.60 bits per heavy atom. The van der Waals surface area contributed by atoms with Gasteiger partial charge in [0.05, 0.1) is 7.11 Å². The van der Waals surface area contributed by atoms with Gasteiger partial charge < -0.3 is 10.1 Å². The lowest BCUT2D eigenvalue weighted by atomic mass is 10.0. The van der Waals surface area contributed by atoms with Crippen molar-refractivity contribution in [2.24, 2.45) is 0 Å². The van der Waals surface area contributed by atoms with E-state index in [-0.39, 0.29) is 0 Å². The second-order valence-corrected chi connectivity index (χ2v) is 6.40. The SMILES string of the molecule is CCNC(Cc1cc(C)ccc1OC)c1ccc(C)s1. The van der Waals surface area contributed by atoms with Gasteiger partial charge in [0.2, 0.25) is 0 Å². The lowest BCUT2D eigenvalue weighted by molar-refractivity contribution is 0.406. The van der Waals surface area contributed by atoms with Crippen molar-refractivity contribution in [1.82, 2.24) is 5.32 Å². The highest BCUT2D eigenvalue weighted by Crippen LogP contribution is 2.29. The van der Waals surface area contributed by atoms with Gasteiger partial charge in [-0.15, -0.1) is 11.3 Å². The average molecular weight is 289 g/mol. The maximum absolute atomic E-state index is 5.50. The van der Waals surface area contributed by atoms with Crippen LogP contribution in [0.15, 0.2) is 30.3 Å². The molecule has 2 aromatic rings. The van der Waals surface area contributed by atoms with Crippen molar-refractivity contribution in [3.8, 4) is 5.75 Å². The zero-order valence-electron chi connectivity index (χ0n) is 12.7. The van der Waals surface area contributed by atoms with Crippen molar-refractivity contribution in [2.45, 2.75) is 33.2 Å². The summed E-state index contributed by atoms with van der Waals surface area (Å²) in [4.78, 5) is 2.76. The van der Waals surface area contributed by atoms with Crippen molar-refractivity contribution in [3.63, 3.8) is 0 Å². The smallest absolute Gasteiger partial charge is 0.122 e. The maximum Gasteiger partial charge on any atom is 0.122 e. The third-order valence-corrected chi connectivity index (χ3v) is 4.53. The van der Waals surface area contributed by atoms with Gasteiger partial charge in [-0.3, -0.25) is 0 Å². The lowest BCUT2D eigenvalue weighted by Crippen LogP contribution is -2.22. The predicted octanol–water partition coefficient (Wildman–Crippen LogP) is 4.27. The van der Waals surface area contributed by atoms with Crippen LogP contribution in [-0.4, -0.2) is 13.7 Å². The molecule has 108 valence electrons. The van der Waals surface area contributed by atoms with Crippen molar-refractivity contribution in [2.75, 3.05) is 13.7 Å². The molecule has 1 aromatic heterocycles. The topological polar surface area (TPSA) is 21.3 Å². The van der Waals surface area contributed by atoms with Crippen LogP contribution in [0.4, 0.5) is 0 Å². The summed E-state index contributed by atoms with van der Waals surface area (Å²) in [7, 11) is 1.74. The molecule has 0 aliphatic heterocycles. The summed E-state index contributed by atoms with van der Waals surface area (Å²) in [6.45, 7) is 7.40. The molecule has 2 nitrogen and oxygen atoms in total. The van der Waals surface area contributed by atoms with Crippen LogP contribution in [0.5, 0.6) is 5.75 Å². The van der Waals surface area contributed by atoms with Crippen LogP contribution >= 0.6 is 11.3 Å². The molecule has 0 bridgehead atoms. The van der Waals surface area contributed by atoms with E-state index in [0.717, 1.165) is 18.7 Å². The zero-order valence-corrected chi connectivity index (χ0v) is 13.5. The lowest BCUT2D eigenvalue weighted by Gasteiger charge is -2.18. The molecule has 0 spiro atoms. The zero-order chi connectivity index (χ0) is 14.5. The monoisotopic (exact) mass is 289 g/mol. The first-order valence-electron chi connectivity index (χ1n) is 7.07. The predicted molar refractivity (Wildman–Crippen MR) is 86.9 cm³/mol. The largest absolute Gasteiger partial charge is 0.496 e. The average Bonchev–Trinajstić information content (AvgIpc) is 2.85. The van der Waals surface area contributed by atoms with Gasteiger partial charge in [-0.05, 0) is 50.6 Å². The number of likely N-dealkylation sites (N-methyl/N-ethyl adjacent to an activating group) is 1. The number of nitrogens with one attached hydrogen (secondary N) is 1. The molecule has 2 rings (SSSR count). The minimum Gasteiger partial charge on any atom is -0.496 e. The number of ether oxygens (including phenoxy) is 1. The van der Waals surface area contributed by atoms with Gasteiger partial charge in [-0.1, -0.05) is 24.6 Å². The molecule has 1 N–H and O–H groups in total. The summed E-state index contributed by atoms with van der Waals surface area (Å²) in [5, 5.41) is 3.59. The van der Waals surface area contributed by atoms with Crippen LogP contribution in [0.2, 0.25) is 0 Å². The second kappa shape index (κ2) is 6.91. The van der Waals surface area contributed by atoms with E-state index in [1.807, 2.05) is 11.3 Å². The van der Waals surface area contributed by atoms with Crippen molar-refractivity contribution < 1.29 is 4.74 Å². The van der Waals surface area contributed by atoms with Crippen LogP contribution in [0.3, 0.4) is 0 Å². The van der Waals surface area contributed by atoms with Gasteiger partial charge >= 0.3 is 0 Å². The summed E-state index contributed by atoms with van der Waals surface area (Å²) in [5.41, 5.74) is 2.54. The minimum atomic E-state index is 0.356. The number of benzene rings is 1. The van der Waals surface area contributed by atoms with Gasteiger partial charge in [0.25, 0.3) is 0 Å². The van der Waals surface area contributed by atoms with Crippen LogP contribution in [0.25, 0.3) is 0 Å². The van der Waals surface area contributed by atoms with Gasteiger partial charge in [-0.25, -0.2) is 0 Å². The standard InChI is InChI=1S/C17H23NOS/c1-5-18-15(17-9-7-13(3)20-17)11-14-10-12(2)6-8-16(14)19-4/h6-10,15,18H,5,11H2,1-4H3. The number of rotatable bonds is 6. The first kappa shape index (κ1) is 15.1. The Morgan fingerprint density at radius 1 is 1.20 bits per heavy atom. The Morgan fingerprint density at radius 2 is 2.00 bits per heavy atom. The van der Waals surface area contributed by atoms with E-state index >= 15 is 0 Å². The molecule has 1 atom stereocenters. The first-order chi connectivity index (χ1) is 9.63. The highest BCUT2D eigenvalue weighted by molar-refractivity contribution is 7.12. The fourth-order valence-corrected chi connectivity index (χ4v) is 3.40. The van der Waals surface area contributed by atoms with Crippen LogP contribution in [-0.2, 0) is 6.42 Å². The summed E-state index contributed by atoms with van der Waals surface area (Å²) in [6.07, 6.45) is 0.957. The van der Waals surface area contributed by atoms with E-state index in [2.05, 4.69) is 56.4 Å². The third kappa shape index (κ3) is 3.62. The van der Waals surface area contributed by atoms with E-state index < -0.39 is 0 Å². The number of hydrogen-bond acceptors (Lipinski definition) is 3. The summed E-state index contributed by atoms with van der Waals surface area (Å²) >= 11 is 1.87. The molecule has 0 aliphatic carbocycles. The Hall–Kier alpha value is -1.32. The minimum absolute atomic E-state index is 0.356. The van der Waals surface area contributed by atoms with Gasteiger partial charge in [0.1, 0.15) is 5.75 Å². The second-order valence-electron chi connectivity index (χ2n) is 5.08. The van der Waals surface area contributed by atoms with E-state index in [1.54, 1.807) is 7.11 Å². The Bertz CT molecular complexity index is 562. The molecule has 3 heteroatoms. The molecule has 1 unspecified atom stereocenters. The van der Waals surface area contributed by atoms with E-state index in [4.69, 9.17) is 4.74 Å². The first-order valence-corrected chi connectivity index (χ1v) is 7.89. The molecular formula is C17H23NOS. The Kier molecular flexibility index (Phi) is 5.21. The normalized spacial score (nSPS) is 12.4. The molecule has 0 amide bonds. The molecule has 1 heterocycles. The molecule has 0 fully saturated rings. The number of aryl methyl sites for hydroxylation is 2. The molecular weight excluding hydrogens is 266 g/mol. The number of methoxy groups -OCH3 is 1. The fourth-order valence-electron chi connectivity index (χ4n) is 2.45. The molecule has 1 aromatic carbocycles. The van der Waals surface area contributed by atoms with Crippen molar-refractivity contribution >= 4 is 11.3 Å². The van der Waals surface area contributed by atoms with Crippen molar-refractivity contribution in [1.29, 1.82) is 0 Å². The van der Waals surface area contributed by atoms with Crippen LogP contribution in [0, 0.1) is 13.8 Å². The van der Waals surface area contributed by atoms with E-state index in [0.29, 0.717) is 6.04 Å². The van der Waals surface area contributed by atoms with Gasteiger partial charge in [-0.2, -0.15) is 0 Å². The number of thiophene rings is 1.